The molecule has 1 heterocycles. The lowest BCUT2D eigenvalue weighted by Gasteiger charge is -2.09. The number of nitrogens with zero attached hydrogens (tertiary/aromatic N) is 3. The molecule has 2 rings (SSSR count). The van der Waals surface area contributed by atoms with Gasteiger partial charge in [-0.1, -0.05) is 44.2 Å². The minimum Gasteiger partial charge on any atom is -0.354 e. The number of nitrogens with one attached hydrogen (secondary N) is 1. The third kappa shape index (κ3) is 3.66. The zero-order valence-electron chi connectivity index (χ0n) is 12.1. The Kier molecular flexibility index (Phi) is 4.50. The van der Waals surface area contributed by atoms with Crippen molar-refractivity contribution >= 4 is 5.91 Å². The topological polar surface area (TPSA) is 59.8 Å². The van der Waals surface area contributed by atoms with E-state index in [-0.39, 0.29) is 12.5 Å². The summed E-state index contributed by atoms with van der Waals surface area (Å²) in [4.78, 5) is 16.3. The molecule has 1 N–H and O–H groups in total. The van der Waals surface area contributed by atoms with Crippen molar-refractivity contribution in [2.75, 3.05) is 6.54 Å². The van der Waals surface area contributed by atoms with Crippen LogP contribution in [0.4, 0.5) is 0 Å². The first kappa shape index (κ1) is 14.2. The van der Waals surface area contributed by atoms with Crippen LogP contribution in [0.3, 0.4) is 0 Å². The third-order valence-corrected chi connectivity index (χ3v) is 2.81. The maximum absolute atomic E-state index is 11.9. The van der Waals surface area contributed by atoms with Crippen LogP contribution in [0.15, 0.2) is 30.3 Å². The molecule has 0 atom stereocenters. The Morgan fingerprint density at radius 1 is 1.30 bits per heavy atom. The average Bonchev–Trinajstić information content (AvgIpc) is 2.78. The maximum Gasteiger partial charge on any atom is 0.241 e. The van der Waals surface area contributed by atoms with Gasteiger partial charge in [0, 0.05) is 12.1 Å². The van der Waals surface area contributed by atoms with Crippen LogP contribution in [-0.4, -0.2) is 27.2 Å². The monoisotopic (exact) mass is 272 g/mol. The molecule has 1 aromatic carbocycles. The van der Waals surface area contributed by atoms with E-state index in [1.807, 2.05) is 37.3 Å². The second-order valence-corrected chi connectivity index (χ2v) is 5.20. The zero-order valence-corrected chi connectivity index (χ0v) is 12.1. The summed E-state index contributed by atoms with van der Waals surface area (Å²) in [5.74, 6) is 1.79. The van der Waals surface area contributed by atoms with Crippen molar-refractivity contribution in [1.29, 1.82) is 0 Å². The van der Waals surface area contributed by atoms with Crippen molar-refractivity contribution in [2.24, 2.45) is 5.92 Å². The molecular weight excluding hydrogens is 252 g/mol. The quantitative estimate of drug-likeness (QED) is 0.906. The first-order chi connectivity index (χ1) is 9.56. The van der Waals surface area contributed by atoms with E-state index in [1.54, 1.807) is 4.68 Å². The molecule has 0 aliphatic heterocycles. The molecule has 0 saturated heterocycles. The SMILES string of the molecule is Cc1nc(-c2ccccc2)n(CC(=O)NCC(C)C)n1. The molecule has 5 heteroatoms. The largest absolute Gasteiger partial charge is 0.354 e. The van der Waals surface area contributed by atoms with E-state index in [4.69, 9.17) is 0 Å². The lowest BCUT2D eigenvalue weighted by Crippen LogP contribution is -2.31. The summed E-state index contributed by atoms with van der Waals surface area (Å²) in [6, 6.07) is 9.77. The van der Waals surface area contributed by atoms with Crippen LogP contribution in [0.5, 0.6) is 0 Å². The Balaban J connectivity index is 2.14. The first-order valence-electron chi connectivity index (χ1n) is 6.80. The van der Waals surface area contributed by atoms with Crippen LogP contribution in [0.2, 0.25) is 0 Å². The summed E-state index contributed by atoms with van der Waals surface area (Å²) in [6.07, 6.45) is 0. The molecular formula is C15H20N4O. The second-order valence-electron chi connectivity index (χ2n) is 5.20. The van der Waals surface area contributed by atoms with Crippen LogP contribution in [0, 0.1) is 12.8 Å². The Bertz CT molecular complexity index is 575. The molecule has 0 aliphatic carbocycles. The molecule has 2 aromatic rings. The van der Waals surface area contributed by atoms with E-state index in [2.05, 4.69) is 29.2 Å². The van der Waals surface area contributed by atoms with E-state index in [9.17, 15) is 4.79 Å². The van der Waals surface area contributed by atoms with E-state index in [0.717, 1.165) is 11.4 Å². The molecule has 0 unspecified atom stereocenters. The third-order valence-electron chi connectivity index (χ3n) is 2.81. The molecule has 0 bridgehead atoms. The van der Waals surface area contributed by atoms with Crippen LogP contribution < -0.4 is 5.32 Å². The molecule has 0 spiro atoms. The molecule has 1 aromatic heterocycles. The van der Waals surface area contributed by atoms with Crippen LogP contribution in [0.1, 0.15) is 19.7 Å². The highest BCUT2D eigenvalue weighted by atomic mass is 16.2. The van der Waals surface area contributed by atoms with Crippen molar-refractivity contribution in [3.05, 3.63) is 36.2 Å². The highest BCUT2D eigenvalue weighted by Crippen LogP contribution is 2.16. The summed E-state index contributed by atoms with van der Waals surface area (Å²) in [5.41, 5.74) is 0.963. The van der Waals surface area contributed by atoms with Gasteiger partial charge in [0.05, 0.1) is 0 Å². The average molecular weight is 272 g/mol. The van der Waals surface area contributed by atoms with Crippen molar-refractivity contribution in [3.63, 3.8) is 0 Å². The lowest BCUT2D eigenvalue weighted by molar-refractivity contribution is -0.121. The smallest absolute Gasteiger partial charge is 0.241 e. The van der Waals surface area contributed by atoms with Gasteiger partial charge in [0.25, 0.3) is 0 Å². The van der Waals surface area contributed by atoms with Crippen molar-refractivity contribution in [1.82, 2.24) is 20.1 Å². The molecule has 20 heavy (non-hydrogen) atoms. The molecule has 0 radical (unpaired) electrons. The molecule has 0 aliphatic rings. The van der Waals surface area contributed by atoms with E-state index < -0.39 is 0 Å². The van der Waals surface area contributed by atoms with Gasteiger partial charge in [0.1, 0.15) is 12.4 Å². The number of carbonyl (C=O) groups is 1. The summed E-state index contributed by atoms with van der Waals surface area (Å²) in [7, 11) is 0. The fourth-order valence-electron chi connectivity index (χ4n) is 1.88. The maximum atomic E-state index is 11.9. The number of rotatable bonds is 5. The molecule has 5 nitrogen and oxygen atoms in total. The van der Waals surface area contributed by atoms with Gasteiger partial charge >= 0.3 is 0 Å². The fraction of sp³-hybridized carbons (Fsp3) is 0.400. The summed E-state index contributed by atoms with van der Waals surface area (Å²) in [5, 5.41) is 7.19. The van der Waals surface area contributed by atoms with Crippen LogP contribution >= 0.6 is 0 Å². The predicted molar refractivity (Wildman–Crippen MR) is 78.0 cm³/mol. The van der Waals surface area contributed by atoms with Gasteiger partial charge in [-0.25, -0.2) is 9.67 Å². The van der Waals surface area contributed by atoms with E-state index in [1.165, 1.54) is 0 Å². The van der Waals surface area contributed by atoms with Crippen molar-refractivity contribution in [2.45, 2.75) is 27.3 Å². The van der Waals surface area contributed by atoms with Gasteiger partial charge in [-0.3, -0.25) is 4.79 Å². The predicted octanol–water partition coefficient (Wildman–Crippen LogP) is 2.03. The molecule has 0 saturated carbocycles. The standard InChI is InChI=1S/C15H20N4O/c1-11(2)9-16-14(20)10-19-15(17-12(3)18-19)13-7-5-4-6-8-13/h4-8,11H,9-10H2,1-3H3,(H,16,20). The Morgan fingerprint density at radius 3 is 2.65 bits per heavy atom. The zero-order chi connectivity index (χ0) is 14.5. The normalized spacial score (nSPS) is 10.8. The number of aromatic nitrogens is 3. The molecule has 106 valence electrons. The molecule has 1 amide bonds. The summed E-state index contributed by atoms with van der Waals surface area (Å²) in [6.45, 7) is 6.82. The van der Waals surface area contributed by atoms with Gasteiger partial charge in [-0.05, 0) is 12.8 Å². The highest BCUT2D eigenvalue weighted by Gasteiger charge is 2.12. The number of amides is 1. The van der Waals surface area contributed by atoms with Gasteiger partial charge in [-0.2, -0.15) is 5.10 Å². The van der Waals surface area contributed by atoms with Crippen LogP contribution in [0.25, 0.3) is 11.4 Å². The van der Waals surface area contributed by atoms with Crippen LogP contribution in [-0.2, 0) is 11.3 Å². The van der Waals surface area contributed by atoms with Gasteiger partial charge in [0.2, 0.25) is 5.91 Å². The Hall–Kier alpha value is -2.17. The minimum absolute atomic E-state index is 0.0409. The summed E-state index contributed by atoms with van der Waals surface area (Å²) < 4.78 is 1.65. The second kappa shape index (κ2) is 6.32. The van der Waals surface area contributed by atoms with E-state index in [0.29, 0.717) is 18.3 Å². The summed E-state index contributed by atoms with van der Waals surface area (Å²) >= 11 is 0. The number of hydrogen-bond acceptors (Lipinski definition) is 3. The lowest BCUT2D eigenvalue weighted by atomic mass is 10.2. The fourth-order valence-corrected chi connectivity index (χ4v) is 1.88. The minimum atomic E-state index is -0.0409. The Labute approximate surface area is 119 Å². The molecule has 0 fully saturated rings. The number of hydrogen-bond donors (Lipinski definition) is 1. The van der Waals surface area contributed by atoms with Crippen molar-refractivity contribution < 1.29 is 4.79 Å². The van der Waals surface area contributed by atoms with Gasteiger partial charge in [-0.15, -0.1) is 0 Å². The Morgan fingerprint density at radius 2 is 2.00 bits per heavy atom. The first-order valence-corrected chi connectivity index (χ1v) is 6.80. The number of benzene rings is 1. The number of aryl methyl sites for hydroxylation is 1. The van der Waals surface area contributed by atoms with Gasteiger partial charge in [0.15, 0.2) is 5.82 Å². The van der Waals surface area contributed by atoms with E-state index >= 15 is 0 Å². The van der Waals surface area contributed by atoms with Crippen molar-refractivity contribution in [3.8, 4) is 11.4 Å². The number of carbonyl (C=O) groups excluding carboxylic acids is 1. The van der Waals surface area contributed by atoms with Gasteiger partial charge < -0.3 is 5.32 Å². The highest BCUT2D eigenvalue weighted by molar-refractivity contribution is 5.76.